The minimum Gasteiger partial charge on any atom is -0.484 e. The van der Waals surface area contributed by atoms with E-state index in [1.165, 1.54) is 0 Å². The fourth-order valence-corrected chi connectivity index (χ4v) is 0.941. The van der Waals surface area contributed by atoms with Crippen LogP contribution in [-0.4, -0.2) is 13.0 Å². The summed E-state index contributed by atoms with van der Waals surface area (Å²) in [5.41, 5.74) is 0.215. The summed E-state index contributed by atoms with van der Waals surface area (Å²) in [6, 6.07) is 0. The van der Waals surface area contributed by atoms with Crippen molar-refractivity contribution in [3.05, 3.63) is 12.3 Å². The van der Waals surface area contributed by atoms with Gasteiger partial charge in [0, 0.05) is 12.6 Å². The average Bonchev–Trinajstić information content (AvgIpc) is 1.86. The normalized spacial score (nSPS) is 22.1. The van der Waals surface area contributed by atoms with Crippen molar-refractivity contribution < 1.29 is 4.74 Å². The van der Waals surface area contributed by atoms with Crippen LogP contribution in [0.5, 0.6) is 0 Å². The molecule has 0 radical (unpaired) electrons. The standard InChI is InChI=1S/C8H13NO/c1-8(2)4-5-9-7(6-8)10-3/h4-5H,6H2,1-3H3. The first-order chi connectivity index (χ1) is 4.64. The summed E-state index contributed by atoms with van der Waals surface area (Å²) in [6.45, 7) is 4.33. The third kappa shape index (κ3) is 1.59. The molecule has 0 bridgehead atoms. The Morgan fingerprint density at radius 3 is 2.70 bits per heavy atom. The molecule has 2 nitrogen and oxygen atoms in total. The lowest BCUT2D eigenvalue weighted by atomic mass is 9.88. The molecule has 0 saturated heterocycles. The van der Waals surface area contributed by atoms with Crippen LogP contribution in [0.1, 0.15) is 20.3 Å². The van der Waals surface area contributed by atoms with E-state index in [4.69, 9.17) is 4.74 Å². The predicted molar refractivity (Wildman–Crippen MR) is 42.0 cm³/mol. The molecule has 56 valence electrons. The molecule has 0 N–H and O–H groups in total. The molecule has 0 amide bonds. The van der Waals surface area contributed by atoms with Gasteiger partial charge < -0.3 is 4.74 Å². The number of ether oxygens (including phenoxy) is 1. The number of aliphatic imine (C=N–C) groups is 1. The lowest BCUT2D eigenvalue weighted by Gasteiger charge is -2.22. The highest BCUT2D eigenvalue weighted by molar-refractivity contribution is 5.78. The Kier molecular flexibility index (Phi) is 1.79. The molecule has 0 aromatic carbocycles. The van der Waals surface area contributed by atoms with E-state index in [9.17, 15) is 0 Å². The quantitative estimate of drug-likeness (QED) is 0.503. The number of rotatable bonds is 0. The molecule has 0 saturated carbocycles. The van der Waals surface area contributed by atoms with Crippen molar-refractivity contribution in [3.8, 4) is 0 Å². The van der Waals surface area contributed by atoms with Gasteiger partial charge in [-0.25, -0.2) is 4.99 Å². The van der Waals surface area contributed by atoms with Gasteiger partial charge in [-0.3, -0.25) is 0 Å². The predicted octanol–water partition coefficient (Wildman–Crippen LogP) is 1.97. The minimum atomic E-state index is 0.215. The van der Waals surface area contributed by atoms with Crippen molar-refractivity contribution in [2.24, 2.45) is 10.4 Å². The lowest BCUT2D eigenvalue weighted by Crippen LogP contribution is -2.18. The molecule has 1 heterocycles. The molecule has 1 aliphatic rings. The molecule has 0 aromatic heterocycles. The number of hydrogen-bond acceptors (Lipinski definition) is 2. The van der Waals surface area contributed by atoms with Crippen molar-refractivity contribution in [2.45, 2.75) is 20.3 Å². The SMILES string of the molecule is COC1=NC=CC(C)(C)C1. The Bertz CT molecular complexity index is 180. The Hall–Kier alpha value is -0.790. The molecule has 0 fully saturated rings. The highest BCUT2D eigenvalue weighted by atomic mass is 16.5. The first kappa shape index (κ1) is 7.32. The van der Waals surface area contributed by atoms with Crippen molar-refractivity contribution >= 4 is 5.90 Å². The maximum absolute atomic E-state index is 5.03. The van der Waals surface area contributed by atoms with Gasteiger partial charge in [0.15, 0.2) is 5.90 Å². The van der Waals surface area contributed by atoms with E-state index in [-0.39, 0.29) is 5.41 Å². The van der Waals surface area contributed by atoms with Crippen LogP contribution in [0.2, 0.25) is 0 Å². The summed E-state index contributed by atoms with van der Waals surface area (Å²) in [5, 5.41) is 0. The van der Waals surface area contributed by atoms with Gasteiger partial charge in [-0.05, 0) is 5.41 Å². The van der Waals surface area contributed by atoms with Crippen LogP contribution in [0.15, 0.2) is 17.3 Å². The molecule has 0 atom stereocenters. The molecule has 0 aliphatic carbocycles. The van der Waals surface area contributed by atoms with Crippen LogP contribution in [0.25, 0.3) is 0 Å². The third-order valence-corrected chi connectivity index (χ3v) is 1.59. The molecule has 1 aliphatic heterocycles. The van der Waals surface area contributed by atoms with E-state index >= 15 is 0 Å². The Morgan fingerprint density at radius 1 is 1.60 bits per heavy atom. The average molecular weight is 139 g/mol. The van der Waals surface area contributed by atoms with Crippen LogP contribution in [0, 0.1) is 5.41 Å². The number of hydrogen-bond donors (Lipinski definition) is 0. The monoisotopic (exact) mass is 139 g/mol. The van der Waals surface area contributed by atoms with Gasteiger partial charge >= 0.3 is 0 Å². The molecule has 0 aromatic rings. The van der Waals surface area contributed by atoms with E-state index < -0.39 is 0 Å². The van der Waals surface area contributed by atoms with Crippen LogP contribution in [0.4, 0.5) is 0 Å². The first-order valence-corrected chi connectivity index (χ1v) is 3.42. The Balaban J connectivity index is 2.68. The van der Waals surface area contributed by atoms with E-state index in [1.807, 2.05) is 6.20 Å². The second-order valence-electron chi connectivity index (χ2n) is 3.21. The topological polar surface area (TPSA) is 21.6 Å². The minimum absolute atomic E-state index is 0.215. The van der Waals surface area contributed by atoms with Crippen molar-refractivity contribution in [1.82, 2.24) is 0 Å². The highest BCUT2D eigenvalue weighted by Gasteiger charge is 2.19. The maximum Gasteiger partial charge on any atom is 0.188 e. The fraction of sp³-hybridized carbons (Fsp3) is 0.625. The highest BCUT2D eigenvalue weighted by Crippen LogP contribution is 2.25. The summed E-state index contributed by atoms with van der Waals surface area (Å²) in [6.07, 6.45) is 4.80. The maximum atomic E-state index is 5.03. The fourth-order valence-electron chi connectivity index (χ4n) is 0.941. The van der Waals surface area contributed by atoms with Gasteiger partial charge in [-0.1, -0.05) is 19.9 Å². The molecular formula is C8H13NO. The zero-order chi connectivity index (χ0) is 7.61. The molecule has 0 unspecified atom stereocenters. The van der Waals surface area contributed by atoms with Gasteiger partial charge in [-0.2, -0.15) is 0 Å². The van der Waals surface area contributed by atoms with Gasteiger partial charge in [0.05, 0.1) is 7.11 Å². The van der Waals surface area contributed by atoms with Crippen molar-refractivity contribution in [3.63, 3.8) is 0 Å². The molecular weight excluding hydrogens is 126 g/mol. The molecule has 1 rings (SSSR count). The van der Waals surface area contributed by atoms with Crippen molar-refractivity contribution in [1.29, 1.82) is 0 Å². The summed E-state index contributed by atoms with van der Waals surface area (Å²) in [4.78, 5) is 4.06. The largest absolute Gasteiger partial charge is 0.484 e. The molecule has 0 spiro atoms. The van der Waals surface area contributed by atoms with Crippen LogP contribution in [0.3, 0.4) is 0 Å². The van der Waals surface area contributed by atoms with Crippen LogP contribution in [-0.2, 0) is 4.74 Å². The Morgan fingerprint density at radius 2 is 2.30 bits per heavy atom. The van der Waals surface area contributed by atoms with Crippen LogP contribution >= 0.6 is 0 Å². The zero-order valence-corrected chi connectivity index (χ0v) is 6.72. The third-order valence-electron chi connectivity index (χ3n) is 1.59. The summed E-state index contributed by atoms with van der Waals surface area (Å²) < 4.78 is 5.03. The van der Waals surface area contributed by atoms with Gasteiger partial charge in [-0.15, -0.1) is 0 Å². The second-order valence-corrected chi connectivity index (χ2v) is 3.21. The number of methoxy groups -OCH3 is 1. The van der Waals surface area contributed by atoms with Gasteiger partial charge in [0.1, 0.15) is 0 Å². The first-order valence-electron chi connectivity index (χ1n) is 3.42. The zero-order valence-electron chi connectivity index (χ0n) is 6.72. The van der Waals surface area contributed by atoms with E-state index in [0.717, 1.165) is 12.3 Å². The Labute approximate surface area is 61.6 Å². The van der Waals surface area contributed by atoms with Crippen molar-refractivity contribution in [2.75, 3.05) is 7.11 Å². The van der Waals surface area contributed by atoms with E-state index in [2.05, 4.69) is 24.9 Å². The second kappa shape index (κ2) is 2.45. The molecule has 2 heteroatoms. The smallest absolute Gasteiger partial charge is 0.188 e. The van der Waals surface area contributed by atoms with E-state index in [1.54, 1.807) is 7.11 Å². The van der Waals surface area contributed by atoms with Gasteiger partial charge in [0.2, 0.25) is 0 Å². The number of nitrogens with zero attached hydrogens (tertiary/aromatic N) is 1. The number of allylic oxidation sites excluding steroid dienone is 1. The summed E-state index contributed by atoms with van der Waals surface area (Å²) in [7, 11) is 1.66. The van der Waals surface area contributed by atoms with Gasteiger partial charge in [0.25, 0.3) is 0 Å². The van der Waals surface area contributed by atoms with Crippen LogP contribution < -0.4 is 0 Å². The summed E-state index contributed by atoms with van der Waals surface area (Å²) in [5.74, 6) is 0.826. The van der Waals surface area contributed by atoms with E-state index in [0.29, 0.717) is 0 Å². The summed E-state index contributed by atoms with van der Waals surface area (Å²) >= 11 is 0. The molecule has 10 heavy (non-hydrogen) atoms. The lowest BCUT2D eigenvalue weighted by molar-refractivity contribution is 0.355.